The highest BCUT2D eigenvalue weighted by Gasteiger charge is 2.31. The molecule has 1 amide bonds. The molecule has 3 rings (SSSR count). The molecule has 0 aliphatic carbocycles. The summed E-state index contributed by atoms with van der Waals surface area (Å²) >= 11 is 0. The summed E-state index contributed by atoms with van der Waals surface area (Å²) in [5.41, 5.74) is 1.72. The van der Waals surface area contributed by atoms with Crippen LogP contribution in [-0.4, -0.2) is 59.2 Å². The van der Waals surface area contributed by atoms with Gasteiger partial charge in [-0.05, 0) is 27.2 Å². The van der Waals surface area contributed by atoms with Gasteiger partial charge in [0.05, 0.1) is 36.8 Å². The Morgan fingerprint density at radius 3 is 2.74 bits per heavy atom. The summed E-state index contributed by atoms with van der Waals surface area (Å²) in [6.45, 7) is 9.38. The van der Waals surface area contributed by atoms with Crippen molar-refractivity contribution in [2.75, 3.05) is 31.6 Å². The second-order valence-corrected chi connectivity index (χ2v) is 7.19. The van der Waals surface area contributed by atoms with E-state index in [2.05, 4.69) is 10.00 Å². The number of methoxy groups -OCH3 is 1. The van der Waals surface area contributed by atoms with E-state index in [4.69, 9.17) is 9.47 Å². The third-order valence-electron chi connectivity index (χ3n) is 4.32. The summed E-state index contributed by atoms with van der Waals surface area (Å²) in [4.78, 5) is 16.4. The highest BCUT2D eigenvalue weighted by Crippen LogP contribution is 2.28. The van der Waals surface area contributed by atoms with Crippen LogP contribution in [0.15, 0.2) is 6.20 Å². The Labute approximate surface area is 137 Å². The van der Waals surface area contributed by atoms with Crippen molar-refractivity contribution in [2.24, 2.45) is 0 Å². The number of amides is 1. The third kappa shape index (κ3) is 3.44. The van der Waals surface area contributed by atoms with Crippen molar-refractivity contribution in [1.29, 1.82) is 0 Å². The lowest BCUT2D eigenvalue weighted by molar-refractivity contribution is 0.0195. The molecule has 1 aromatic heterocycles. The number of hydrogen-bond acceptors (Lipinski definition) is 5. The van der Waals surface area contributed by atoms with E-state index in [1.807, 2.05) is 31.6 Å². The maximum Gasteiger partial charge on any atom is 0.410 e. The summed E-state index contributed by atoms with van der Waals surface area (Å²) in [5.74, 6) is 0. The summed E-state index contributed by atoms with van der Waals surface area (Å²) in [6, 6.07) is 0. The quantitative estimate of drug-likeness (QED) is 0.832. The van der Waals surface area contributed by atoms with Gasteiger partial charge in [-0.15, -0.1) is 0 Å². The zero-order valence-corrected chi connectivity index (χ0v) is 14.4. The summed E-state index contributed by atoms with van der Waals surface area (Å²) in [6.07, 6.45) is 2.95. The van der Waals surface area contributed by atoms with Crippen molar-refractivity contribution in [3.63, 3.8) is 0 Å². The first-order valence-corrected chi connectivity index (χ1v) is 8.18. The predicted molar refractivity (Wildman–Crippen MR) is 86.5 cm³/mol. The van der Waals surface area contributed by atoms with Crippen LogP contribution in [-0.2, 0) is 22.6 Å². The smallest absolute Gasteiger partial charge is 0.410 e. The maximum atomic E-state index is 12.3. The molecule has 1 aromatic rings. The molecule has 1 saturated heterocycles. The van der Waals surface area contributed by atoms with Crippen molar-refractivity contribution in [2.45, 2.75) is 52.0 Å². The first-order chi connectivity index (χ1) is 10.9. The van der Waals surface area contributed by atoms with E-state index in [1.54, 1.807) is 12.0 Å². The lowest BCUT2D eigenvalue weighted by atomic mass is 10.2. The van der Waals surface area contributed by atoms with Crippen molar-refractivity contribution in [3.8, 4) is 0 Å². The molecule has 7 nitrogen and oxygen atoms in total. The lowest BCUT2D eigenvalue weighted by Crippen LogP contribution is -2.42. The standard InChI is InChI=1S/C16H26N4O3/c1-16(2,3)23-15(21)19-7-8-20-14(11-19)13(9-17-20)18-6-5-12(10-18)22-4/h9,12H,5-8,10-11H2,1-4H3. The van der Waals surface area contributed by atoms with Gasteiger partial charge in [-0.1, -0.05) is 0 Å². The minimum atomic E-state index is -0.474. The second kappa shape index (κ2) is 6.03. The molecule has 2 aliphatic heterocycles. The zero-order valence-electron chi connectivity index (χ0n) is 14.4. The van der Waals surface area contributed by atoms with Crippen LogP contribution in [0.4, 0.5) is 10.5 Å². The number of fused-ring (bicyclic) bond motifs is 1. The van der Waals surface area contributed by atoms with Crippen LogP contribution in [0.1, 0.15) is 32.9 Å². The molecule has 0 bridgehead atoms. The largest absolute Gasteiger partial charge is 0.444 e. The molecule has 1 fully saturated rings. The number of aromatic nitrogens is 2. The monoisotopic (exact) mass is 322 g/mol. The van der Waals surface area contributed by atoms with Crippen LogP contribution in [0.25, 0.3) is 0 Å². The molecule has 23 heavy (non-hydrogen) atoms. The lowest BCUT2D eigenvalue weighted by Gasteiger charge is -2.31. The highest BCUT2D eigenvalue weighted by atomic mass is 16.6. The molecule has 7 heteroatoms. The minimum absolute atomic E-state index is 0.257. The van der Waals surface area contributed by atoms with Gasteiger partial charge in [-0.2, -0.15) is 5.10 Å². The first-order valence-electron chi connectivity index (χ1n) is 8.18. The topological polar surface area (TPSA) is 59.8 Å². The number of nitrogens with zero attached hydrogens (tertiary/aromatic N) is 4. The van der Waals surface area contributed by atoms with E-state index in [0.717, 1.165) is 30.9 Å². The average Bonchev–Trinajstić information content (AvgIpc) is 3.10. The molecular formula is C16H26N4O3. The maximum absolute atomic E-state index is 12.3. The van der Waals surface area contributed by atoms with Gasteiger partial charge in [0.2, 0.25) is 0 Å². The van der Waals surface area contributed by atoms with Gasteiger partial charge in [-0.3, -0.25) is 4.68 Å². The van der Waals surface area contributed by atoms with Gasteiger partial charge >= 0.3 is 6.09 Å². The molecule has 128 valence electrons. The summed E-state index contributed by atoms with van der Waals surface area (Å²) < 4.78 is 12.9. The third-order valence-corrected chi connectivity index (χ3v) is 4.32. The molecule has 0 spiro atoms. The fourth-order valence-corrected chi connectivity index (χ4v) is 3.12. The van der Waals surface area contributed by atoms with Gasteiger partial charge in [0.1, 0.15) is 5.60 Å². The molecule has 2 aliphatic rings. The van der Waals surface area contributed by atoms with Crippen molar-refractivity contribution in [1.82, 2.24) is 14.7 Å². The molecule has 0 aromatic carbocycles. The first kappa shape index (κ1) is 16.1. The number of hydrogen-bond donors (Lipinski definition) is 0. The summed E-state index contributed by atoms with van der Waals surface area (Å²) in [7, 11) is 1.76. The van der Waals surface area contributed by atoms with Crippen LogP contribution >= 0.6 is 0 Å². The Morgan fingerprint density at radius 1 is 1.30 bits per heavy atom. The van der Waals surface area contributed by atoms with Gasteiger partial charge < -0.3 is 19.3 Å². The number of rotatable bonds is 2. The molecular weight excluding hydrogens is 296 g/mol. The van der Waals surface area contributed by atoms with E-state index >= 15 is 0 Å². The van der Waals surface area contributed by atoms with Gasteiger partial charge in [0.15, 0.2) is 0 Å². The second-order valence-electron chi connectivity index (χ2n) is 7.19. The number of ether oxygens (including phenoxy) is 2. The van der Waals surface area contributed by atoms with Crippen molar-refractivity contribution in [3.05, 3.63) is 11.9 Å². The SMILES string of the molecule is COC1CCN(c2cnn3c2CN(C(=O)OC(C)(C)C)CC3)C1. The van der Waals surface area contributed by atoms with Crippen LogP contribution in [0.2, 0.25) is 0 Å². The Balaban J connectivity index is 1.73. The molecule has 1 atom stereocenters. The summed E-state index contributed by atoms with van der Waals surface area (Å²) in [5, 5.41) is 4.48. The molecule has 1 unspecified atom stereocenters. The van der Waals surface area contributed by atoms with Crippen molar-refractivity contribution < 1.29 is 14.3 Å². The normalized spacial score (nSPS) is 21.5. The Kier molecular flexibility index (Phi) is 4.23. The number of carbonyl (C=O) groups is 1. The van der Waals surface area contributed by atoms with E-state index in [9.17, 15) is 4.79 Å². The van der Waals surface area contributed by atoms with Crippen LogP contribution < -0.4 is 4.90 Å². The van der Waals surface area contributed by atoms with E-state index in [-0.39, 0.29) is 12.2 Å². The van der Waals surface area contributed by atoms with Crippen molar-refractivity contribution >= 4 is 11.8 Å². The Morgan fingerprint density at radius 2 is 2.09 bits per heavy atom. The highest BCUT2D eigenvalue weighted by molar-refractivity contribution is 5.69. The van der Waals surface area contributed by atoms with Gasteiger partial charge in [0.25, 0.3) is 0 Å². The van der Waals surface area contributed by atoms with Gasteiger partial charge in [-0.25, -0.2) is 4.79 Å². The number of carbonyl (C=O) groups excluding carboxylic acids is 1. The van der Waals surface area contributed by atoms with Crippen LogP contribution in [0, 0.1) is 0 Å². The predicted octanol–water partition coefficient (Wildman–Crippen LogP) is 1.86. The fraction of sp³-hybridized carbons (Fsp3) is 0.750. The van der Waals surface area contributed by atoms with Crippen LogP contribution in [0.5, 0.6) is 0 Å². The molecule has 0 saturated carbocycles. The average molecular weight is 322 g/mol. The van der Waals surface area contributed by atoms with E-state index in [1.165, 1.54) is 0 Å². The van der Waals surface area contributed by atoms with Gasteiger partial charge in [0, 0.05) is 26.7 Å². The Hall–Kier alpha value is -1.76. The van der Waals surface area contributed by atoms with E-state index < -0.39 is 5.60 Å². The molecule has 0 radical (unpaired) electrons. The van der Waals surface area contributed by atoms with Crippen LogP contribution in [0.3, 0.4) is 0 Å². The molecule has 0 N–H and O–H groups in total. The molecule has 3 heterocycles. The zero-order chi connectivity index (χ0) is 16.6. The Bertz CT molecular complexity index is 578. The fourth-order valence-electron chi connectivity index (χ4n) is 3.12. The minimum Gasteiger partial charge on any atom is -0.444 e. The number of anilines is 1. The van der Waals surface area contributed by atoms with E-state index in [0.29, 0.717) is 19.6 Å².